The van der Waals surface area contributed by atoms with Gasteiger partial charge >= 0.3 is 0 Å². The molecule has 2 nitrogen and oxygen atoms in total. The number of para-hydroxylation sites is 1. The van der Waals surface area contributed by atoms with E-state index in [1.54, 1.807) is 11.3 Å². The Labute approximate surface area is 124 Å². The standard InChI is InChI=1S/C17H19NOS/c1-4-14-12(3)10-15(20-14)17(19)18-9-8-13-7-5-6-11(2)16(13)18/h5-7,10H,4,8-9H2,1-3H3. The molecule has 3 heteroatoms. The molecule has 3 rings (SSSR count). The molecule has 1 aromatic heterocycles. The number of anilines is 1. The highest BCUT2D eigenvalue weighted by atomic mass is 32.1. The summed E-state index contributed by atoms with van der Waals surface area (Å²) in [6.07, 6.45) is 1.97. The van der Waals surface area contributed by atoms with Crippen molar-refractivity contribution in [2.75, 3.05) is 11.4 Å². The number of fused-ring (bicyclic) bond motifs is 1. The van der Waals surface area contributed by atoms with Crippen LogP contribution in [-0.2, 0) is 12.8 Å². The fourth-order valence-corrected chi connectivity index (χ4v) is 4.03. The average molecular weight is 285 g/mol. The zero-order valence-electron chi connectivity index (χ0n) is 12.2. The van der Waals surface area contributed by atoms with Crippen molar-refractivity contribution in [3.63, 3.8) is 0 Å². The number of hydrogen-bond donors (Lipinski definition) is 0. The van der Waals surface area contributed by atoms with Crippen molar-refractivity contribution in [1.82, 2.24) is 0 Å². The van der Waals surface area contributed by atoms with Crippen molar-refractivity contribution in [3.05, 3.63) is 50.7 Å². The van der Waals surface area contributed by atoms with Gasteiger partial charge in [-0.2, -0.15) is 0 Å². The zero-order valence-corrected chi connectivity index (χ0v) is 13.0. The summed E-state index contributed by atoms with van der Waals surface area (Å²) < 4.78 is 0. The molecule has 2 heterocycles. The molecule has 0 unspecified atom stereocenters. The Morgan fingerprint density at radius 3 is 2.80 bits per heavy atom. The van der Waals surface area contributed by atoms with Gasteiger partial charge in [-0.05, 0) is 49.4 Å². The average Bonchev–Trinajstić information content (AvgIpc) is 3.02. The molecule has 0 saturated carbocycles. The predicted octanol–water partition coefficient (Wildman–Crippen LogP) is 4.13. The fourth-order valence-electron chi connectivity index (χ4n) is 2.96. The Balaban J connectivity index is 1.97. The molecule has 20 heavy (non-hydrogen) atoms. The second kappa shape index (κ2) is 5.06. The summed E-state index contributed by atoms with van der Waals surface area (Å²) in [7, 11) is 0. The fraction of sp³-hybridized carbons (Fsp3) is 0.353. The van der Waals surface area contributed by atoms with Crippen molar-refractivity contribution < 1.29 is 4.79 Å². The van der Waals surface area contributed by atoms with Crippen LogP contribution >= 0.6 is 11.3 Å². The zero-order chi connectivity index (χ0) is 14.3. The van der Waals surface area contributed by atoms with Crippen LogP contribution in [0.15, 0.2) is 24.3 Å². The summed E-state index contributed by atoms with van der Waals surface area (Å²) in [5, 5.41) is 0. The van der Waals surface area contributed by atoms with E-state index < -0.39 is 0 Å². The summed E-state index contributed by atoms with van der Waals surface area (Å²) in [4.78, 5) is 16.9. The van der Waals surface area contributed by atoms with Crippen LogP contribution < -0.4 is 4.90 Å². The lowest BCUT2D eigenvalue weighted by atomic mass is 10.1. The van der Waals surface area contributed by atoms with Crippen LogP contribution in [0.2, 0.25) is 0 Å². The molecule has 0 fully saturated rings. The predicted molar refractivity (Wildman–Crippen MR) is 85.0 cm³/mol. The molecule has 1 aliphatic heterocycles. The highest BCUT2D eigenvalue weighted by molar-refractivity contribution is 7.14. The Morgan fingerprint density at radius 2 is 2.10 bits per heavy atom. The number of amides is 1. The Morgan fingerprint density at radius 1 is 1.30 bits per heavy atom. The van der Waals surface area contributed by atoms with Crippen molar-refractivity contribution in [1.29, 1.82) is 0 Å². The van der Waals surface area contributed by atoms with E-state index in [4.69, 9.17) is 0 Å². The van der Waals surface area contributed by atoms with Gasteiger partial charge < -0.3 is 4.90 Å². The number of carbonyl (C=O) groups excluding carboxylic acids is 1. The highest BCUT2D eigenvalue weighted by Crippen LogP contribution is 2.34. The summed E-state index contributed by atoms with van der Waals surface area (Å²) in [6, 6.07) is 8.34. The lowest BCUT2D eigenvalue weighted by Gasteiger charge is -2.18. The molecule has 104 valence electrons. The number of rotatable bonds is 2. The highest BCUT2D eigenvalue weighted by Gasteiger charge is 2.28. The number of aryl methyl sites for hydroxylation is 3. The molecule has 1 aliphatic rings. The summed E-state index contributed by atoms with van der Waals surface area (Å²) in [5.41, 5.74) is 4.85. The van der Waals surface area contributed by atoms with Crippen LogP contribution in [0.3, 0.4) is 0 Å². The third-order valence-corrected chi connectivity index (χ3v) is 5.36. The van der Waals surface area contributed by atoms with Gasteiger partial charge in [0.1, 0.15) is 0 Å². The molecule has 0 spiro atoms. The van der Waals surface area contributed by atoms with Gasteiger partial charge in [-0.15, -0.1) is 11.3 Å². The molecule has 0 N–H and O–H groups in total. The molecular weight excluding hydrogens is 266 g/mol. The van der Waals surface area contributed by atoms with Crippen molar-refractivity contribution >= 4 is 22.9 Å². The van der Waals surface area contributed by atoms with Gasteiger partial charge in [-0.25, -0.2) is 0 Å². The molecule has 1 aromatic carbocycles. The van der Waals surface area contributed by atoms with Crippen LogP contribution in [0.5, 0.6) is 0 Å². The van der Waals surface area contributed by atoms with Gasteiger partial charge in [0.25, 0.3) is 5.91 Å². The number of nitrogens with zero attached hydrogens (tertiary/aromatic N) is 1. The molecule has 0 radical (unpaired) electrons. The molecular formula is C17H19NOS. The number of thiophene rings is 1. The maximum absolute atomic E-state index is 12.8. The first-order valence-corrected chi connectivity index (χ1v) is 7.93. The molecule has 0 aliphatic carbocycles. The van der Waals surface area contributed by atoms with E-state index in [2.05, 4.69) is 39.0 Å². The minimum Gasteiger partial charge on any atom is -0.307 e. The Bertz CT molecular complexity index is 672. The van der Waals surface area contributed by atoms with Crippen molar-refractivity contribution in [2.24, 2.45) is 0 Å². The first-order chi connectivity index (χ1) is 9.61. The van der Waals surface area contributed by atoms with E-state index >= 15 is 0 Å². The van der Waals surface area contributed by atoms with E-state index in [-0.39, 0.29) is 5.91 Å². The van der Waals surface area contributed by atoms with Gasteiger partial charge in [0.05, 0.1) is 10.6 Å². The first-order valence-electron chi connectivity index (χ1n) is 7.11. The second-order valence-corrected chi connectivity index (χ2v) is 6.50. The van der Waals surface area contributed by atoms with Crippen LogP contribution in [0.4, 0.5) is 5.69 Å². The van der Waals surface area contributed by atoms with Crippen molar-refractivity contribution in [3.8, 4) is 0 Å². The number of hydrogen-bond acceptors (Lipinski definition) is 2. The van der Waals surface area contributed by atoms with Crippen molar-refractivity contribution in [2.45, 2.75) is 33.6 Å². The number of carbonyl (C=O) groups is 1. The maximum atomic E-state index is 12.8. The molecule has 2 aromatic rings. The van der Waals surface area contributed by atoms with Crippen LogP contribution in [-0.4, -0.2) is 12.5 Å². The molecule has 1 amide bonds. The minimum absolute atomic E-state index is 0.158. The van der Waals surface area contributed by atoms with E-state index in [0.29, 0.717) is 0 Å². The third kappa shape index (κ3) is 2.06. The quantitative estimate of drug-likeness (QED) is 0.812. The summed E-state index contributed by atoms with van der Waals surface area (Å²) in [5.74, 6) is 0.158. The topological polar surface area (TPSA) is 20.3 Å². The maximum Gasteiger partial charge on any atom is 0.268 e. The van der Waals surface area contributed by atoms with Gasteiger partial charge in [-0.1, -0.05) is 25.1 Å². The first kappa shape index (κ1) is 13.4. The summed E-state index contributed by atoms with van der Waals surface area (Å²) >= 11 is 1.64. The number of benzene rings is 1. The lowest BCUT2D eigenvalue weighted by Crippen LogP contribution is -2.28. The van der Waals surface area contributed by atoms with Gasteiger partial charge in [-0.3, -0.25) is 4.79 Å². The van der Waals surface area contributed by atoms with Crippen LogP contribution in [0, 0.1) is 13.8 Å². The molecule has 0 atom stereocenters. The Kier molecular flexibility index (Phi) is 3.38. The van der Waals surface area contributed by atoms with E-state index in [1.807, 2.05) is 11.0 Å². The van der Waals surface area contributed by atoms with E-state index in [0.717, 1.165) is 30.0 Å². The van der Waals surface area contributed by atoms with Gasteiger partial charge in [0.2, 0.25) is 0 Å². The molecule has 0 bridgehead atoms. The van der Waals surface area contributed by atoms with Crippen LogP contribution in [0.25, 0.3) is 0 Å². The summed E-state index contributed by atoms with van der Waals surface area (Å²) in [6.45, 7) is 7.12. The molecule has 0 saturated heterocycles. The van der Waals surface area contributed by atoms with Crippen LogP contribution in [0.1, 0.15) is 38.2 Å². The van der Waals surface area contributed by atoms with Gasteiger partial charge in [0.15, 0.2) is 0 Å². The lowest BCUT2D eigenvalue weighted by molar-refractivity contribution is 0.0993. The third-order valence-electron chi connectivity index (χ3n) is 3.99. The van der Waals surface area contributed by atoms with Gasteiger partial charge in [0, 0.05) is 11.4 Å². The van der Waals surface area contributed by atoms with E-state index in [9.17, 15) is 4.79 Å². The van der Waals surface area contributed by atoms with E-state index in [1.165, 1.54) is 21.6 Å². The normalized spacial score (nSPS) is 13.7. The SMILES string of the molecule is CCc1sc(C(=O)N2CCc3cccc(C)c32)cc1C. The monoisotopic (exact) mass is 285 g/mol. The smallest absolute Gasteiger partial charge is 0.268 e. The Hall–Kier alpha value is -1.61. The largest absolute Gasteiger partial charge is 0.307 e. The second-order valence-electron chi connectivity index (χ2n) is 5.36. The minimum atomic E-state index is 0.158.